The molecule has 1 spiro atoms. The van der Waals surface area contributed by atoms with Crippen molar-refractivity contribution in [3.05, 3.63) is 23.0 Å². The summed E-state index contributed by atoms with van der Waals surface area (Å²) in [6.07, 6.45) is 2.00. The Balaban J connectivity index is 1.55. The highest BCUT2D eigenvalue weighted by Gasteiger charge is 2.50. The van der Waals surface area contributed by atoms with Gasteiger partial charge >= 0.3 is 0 Å². The number of hydrogen-bond acceptors (Lipinski definition) is 4. The van der Waals surface area contributed by atoms with Crippen LogP contribution < -0.4 is 5.32 Å². The Morgan fingerprint density at radius 1 is 1.41 bits per heavy atom. The molecule has 1 saturated heterocycles. The molecule has 90 valence electrons. The second-order valence-electron chi connectivity index (χ2n) is 4.81. The van der Waals surface area contributed by atoms with Gasteiger partial charge in [0.15, 0.2) is 10.8 Å². The van der Waals surface area contributed by atoms with Crippen LogP contribution in [0.4, 0.5) is 0 Å². The lowest BCUT2D eigenvalue weighted by Gasteiger charge is -2.53. The molecule has 1 aromatic heterocycles. The molecule has 17 heavy (non-hydrogen) atoms. The molecule has 2 fully saturated rings. The number of amides is 1. The molecule has 3 rings (SSSR count). The molecule has 0 aromatic carbocycles. The summed E-state index contributed by atoms with van der Waals surface area (Å²) < 4.78 is 5.18. The third kappa shape index (κ3) is 2.00. The molecule has 0 unspecified atom stereocenters. The van der Waals surface area contributed by atoms with Crippen molar-refractivity contribution in [2.45, 2.75) is 18.9 Å². The molecular formula is C11H12ClN3O2. The second-order valence-corrected chi connectivity index (χ2v) is 5.20. The zero-order valence-electron chi connectivity index (χ0n) is 9.15. The van der Waals surface area contributed by atoms with E-state index >= 15 is 0 Å². The minimum absolute atomic E-state index is 0.186. The zero-order chi connectivity index (χ0) is 11.9. The van der Waals surface area contributed by atoms with Gasteiger partial charge in [-0.3, -0.25) is 4.79 Å². The Kier molecular flexibility index (Phi) is 2.52. The van der Waals surface area contributed by atoms with Gasteiger partial charge in [-0.15, -0.1) is 10.2 Å². The first-order valence-corrected chi connectivity index (χ1v) is 5.93. The highest BCUT2D eigenvalue weighted by molar-refractivity contribution is 6.29. The highest BCUT2D eigenvalue weighted by Crippen LogP contribution is 2.46. The lowest BCUT2D eigenvalue weighted by Crippen LogP contribution is -2.59. The molecule has 1 aromatic rings. The first-order chi connectivity index (χ1) is 8.17. The lowest BCUT2D eigenvalue weighted by atomic mass is 9.64. The average molecular weight is 254 g/mol. The van der Waals surface area contributed by atoms with Crippen LogP contribution in [0.5, 0.6) is 0 Å². The van der Waals surface area contributed by atoms with Crippen molar-refractivity contribution in [1.29, 1.82) is 0 Å². The SMILES string of the molecule is O=C(NC1CC2(COC2)C1)c1ccc(Cl)nn1. The number of ether oxygens (including phenoxy) is 1. The van der Waals surface area contributed by atoms with E-state index in [9.17, 15) is 4.79 Å². The van der Waals surface area contributed by atoms with Crippen LogP contribution in [0, 0.1) is 5.41 Å². The van der Waals surface area contributed by atoms with Gasteiger partial charge in [-0.05, 0) is 25.0 Å². The Morgan fingerprint density at radius 2 is 2.18 bits per heavy atom. The fraction of sp³-hybridized carbons (Fsp3) is 0.545. The number of rotatable bonds is 2. The fourth-order valence-electron chi connectivity index (χ4n) is 2.41. The van der Waals surface area contributed by atoms with E-state index < -0.39 is 0 Å². The normalized spacial score (nSPS) is 21.7. The van der Waals surface area contributed by atoms with Gasteiger partial charge in [0.2, 0.25) is 0 Å². The third-order valence-electron chi connectivity index (χ3n) is 3.38. The van der Waals surface area contributed by atoms with E-state index in [2.05, 4.69) is 15.5 Å². The van der Waals surface area contributed by atoms with Crippen LogP contribution in [-0.2, 0) is 4.74 Å². The molecular weight excluding hydrogens is 242 g/mol. The van der Waals surface area contributed by atoms with E-state index in [1.54, 1.807) is 12.1 Å². The Morgan fingerprint density at radius 3 is 2.71 bits per heavy atom. The van der Waals surface area contributed by atoms with Gasteiger partial charge in [0.05, 0.1) is 13.2 Å². The van der Waals surface area contributed by atoms with Crippen LogP contribution in [0.3, 0.4) is 0 Å². The number of aromatic nitrogens is 2. The van der Waals surface area contributed by atoms with Crippen LogP contribution in [0.2, 0.25) is 5.15 Å². The summed E-state index contributed by atoms with van der Waals surface area (Å²) in [5, 5.41) is 10.6. The monoisotopic (exact) mass is 253 g/mol. The molecule has 2 aliphatic rings. The molecule has 1 saturated carbocycles. The van der Waals surface area contributed by atoms with Crippen molar-refractivity contribution in [3.8, 4) is 0 Å². The molecule has 0 bridgehead atoms. The Hall–Kier alpha value is -1.20. The summed E-state index contributed by atoms with van der Waals surface area (Å²) >= 11 is 5.61. The summed E-state index contributed by atoms with van der Waals surface area (Å²) in [5.41, 5.74) is 0.657. The molecule has 1 amide bonds. The lowest BCUT2D eigenvalue weighted by molar-refractivity contribution is -0.165. The quantitative estimate of drug-likeness (QED) is 0.855. The summed E-state index contributed by atoms with van der Waals surface area (Å²) in [5.74, 6) is -0.186. The van der Waals surface area contributed by atoms with Crippen LogP contribution >= 0.6 is 11.6 Å². The van der Waals surface area contributed by atoms with E-state index in [-0.39, 0.29) is 17.1 Å². The minimum Gasteiger partial charge on any atom is -0.380 e. The number of nitrogens with one attached hydrogen (secondary N) is 1. The predicted molar refractivity (Wildman–Crippen MR) is 60.8 cm³/mol. The topological polar surface area (TPSA) is 64.1 Å². The average Bonchev–Trinajstić information content (AvgIpc) is 2.20. The van der Waals surface area contributed by atoms with Gasteiger partial charge in [0.1, 0.15) is 0 Å². The number of halogens is 1. The van der Waals surface area contributed by atoms with E-state index in [0.29, 0.717) is 11.1 Å². The number of carbonyl (C=O) groups excluding carboxylic acids is 1. The maximum absolute atomic E-state index is 11.8. The minimum atomic E-state index is -0.186. The first kappa shape index (κ1) is 10.9. The molecule has 1 aliphatic heterocycles. The van der Waals surface area contributed by atoms with Crippen LogP contribution in [0.25, 0.3) is 0 Å². The summed E-state index contributed by atoms with van der Waals surface area (Å²) in [7, 11) is 0. The van der Waals surface area contributed by atoms with Crippen molar-refractivity contribution in [1.82, 2.24) is 15.5 Å². The number of carbonyl (C=O) groups is 1. The van der Waals surface area contributed by atoms with Gasteiger partial charge in [0, 0.05) is 11.5 Å². The van der Waals surface area contributed by atoms with E-state index in [0.717, 1.165) is 26.1 Å². The summed E-state index contributed by atoms with van der Waals surface area (Å²) in [6.45, 7) is 1.67. The molecule has 0 atom stereocenters. The van der Waals surface area contributed by atoms with E-state index in [1.807, 2.05) is 0 Å². The van der Waals surface area contributed by atoms with Gasteiger partial charge in [-0.25, -0.2) is 0 Å². The Bertz CT molecular complexity index is 437. The standard InChI is InChI=1S/C11H12ClN3O2/c12-9-2-1-8(14-15-9)10(16)13-7-3-11(4-7)5-17-6-11/h1-2,7H,3-6H2,(H,13,16). The van der Waals surface area contributed by atoms with Crippen molar-refractivity contribution < 1.29 is 9.53 Å². The predicted octanol–water partition coefficient (Wildman–Crippen LogP) is 1.04. The van der Waals surface area contributed by atoms with Crippen molar-refractivity contribution >= 4 is 17.5 Å². The molecule has 1 N–H and O–H groups in total. The maximum Gasteiger partial charge on any atom is 0.272 e. The first-order valence-electron chi connectivity index (χ1n) is 5.55. The molecule has 5 nitrogen and oxygen atoms in total. The molecule has 1 aliphatic carbocycles. The highest BCUT2D eigenvalue weighted by atomic mass is 35.5. The summed E-state index contributed by atoms with van der Waals surface area (Å²) in [4.78, 5) is 11.8. The van der Waals surface area contributed by atoms with Crippen molar-refractivity contribution in [2.75, 3.05) is 13.2 Å². The summed E-state index contributed by atoms with van der Waals surface area (Å²) in [6, 6.07) is 3.38. The van der Waals surface area contributed by atoms with Gasteiger partial charge in [-0.1, -0.05) is 11.6 Å². The largest absolute Gasteiger partial charge is 0.380 e. The smallest absolute Gasteiger partial charge is 0.272 e. The van der Waals surface area contributed by atoms with Gasteiger partial charge < -0.3 is 10.1 Å². The van der Waals surface area contributed by atoms with E-state index in [1.165, 1.54) is 0 Å². The van der Waals surface area contributed by atoms with Gasteiger partial charge in [-0.2, -0.15) is 0 Å². The fourth-order valence-corrected chi connectivity index (χ4v) is 2.51. The van der Waals surface area contributed by atoms with Crippen LogP contribution in [0.1, 0.15) is 23.3 Å². The van der Waals surface area contributed by atoms with Crippen LogP contribution in [-0.4, -0.2) is 35.4 Å². The van der Waals surface area contributed by atoms with Crippen LogP contribution in [0.15, 0.2) is 12.1 Å². The van der Waals surface area contributed by atoms with Gasteiger partial charge in [0.25, 0.3) is 5.91 Å². The third-order valence-corrected chi connectivity index (χ3v) is 3.58. The van der Waals surface area contributed by atoms with Crippen molar-refractivity contribution in [3.63, 3.8) is 0 Å². The molecule has 6 heteroatoms. The van der Waals surface area contributed by atoms with Crippen molar-refractivity contribution in [2.24, 2.45) is 5.41 Å². The number of nitrogens with zero attached hydrogens (tertiary/aromatic N) is 2. The maximum atomic E-state index is 11.8. The molecule has 0 radical (unpaired) electrons. The Labute approximate surface area is 104 Å². The molecule has 2 heterocycles. The second kappa shape index (κ2) is 3.92. The zero-order valence-corrected chi connectivity index (χ0v) is 9.91. The number of hydrogen-bond donors (Lipinski definition) is 1. The van der Waals surface area contributed by atoms with E-state index in [4.69, 9.17) is 16.3 Å².